The Balaban J connectivity index is 0.00000128. The molecular formula is C12H23ClN2O. The average molecular weight is 247 g/mol. The molecule has 0 aromatic heterocycles. The van der Waals surface area contributed by atoms with Crippen LogP contribution in [0.3, 0.4) is 0 Å². The molecule has 3 nitrogen and oxygen atoms in total. The average Bonchev–Trinajstić information content (AvgIpc) is 2.17. The summed E-state index contributed by atoms with van der Waals surface area (Å²) in [4.78, 5) is 14.1. The summed E-state index contributed by atoms with van der Waals surface area (Å²) >= 11 is 0. The summed E-state index contributed by atoms with van der Waals surface area (Å²) in [5.41, 5.74) is 5.57. The Morgan fingerprint density at radius 2 is 1.94 bits per heavy atom. The Bertz CT molecular complexity index is 266. The molecule has 0 aromatic rings. The molecule has 1 aliphatic heterocycles. The molecule has 2 aliphatic rings. The Hall–Kier alpha value is -0.280. The zero-order valence-corrected chi connectivity index (χ0v) is 11.1. The van der Waals surface area contributed by atoms with E-state index in [1.807, 2.05) is 4.90 Å². The van der Waals surface area contributed by atoms with Gasteiger partial charge in [0.15, 0.2) is 0 Å². The Morgan fingerprint density at radius 3 is 2.38 bits per heavy atom. The van der Waals surface area contributed by atoms with Crippen molar-refractivity contribution >= 4 is 18.3 Å². The van der Waals surface area contributed by atoms with E-state index in [0.717, 1.165) is 44.7 Å². The third-order valence-corrected chi connectivity index (χ3v) is 4.29. The molecule has 0 bridgehead atoms. The standard InChI is InChI=1S/C12H22N2O.ClH/c1-9-4-7-14(8-10(9)2)11(15)12(13)5-3-6-12;/h9-10H,3-8,13H2,1-2H3;1H. The maximum absolute atomic E-state index is 12.2. The van der Waals surface area contributed by atoms with Crippen LogP contribution in [0.5, 0.6) is 0 Å². The van der Waals surface area contributed by atoms with Crippen LogP contribution < -0.4 is 5.73 Å². The molecule has 0 aromatic carbocycles. The summed E-state index contributed by atoms with van der Waals surface area (Å²) in [6.07, 6.45) is 4.00. The molecule has 1 heterocycles. The van der Waals surface area contributed by atoms with Crippen molar-refractivity contribution in [2.45, 2.75) is 45.1 Å². The minimum atomic E-state index is -0.500. The molecule has 1 saturated carbocycles. The fraction of sp³-hybridized carbons (Fsp3) is 0.917. The van der Waals surface area contributed by atoms with E-state index in [9.17, 15) is 4.79 Å². The van der Waals surface area contributed by atoms with Gasteiger partial charge in [-0.3, -0.25) is 4.79 Å². The van der Waals surface area contributed by atoms with E-state index in [4.69, 9.17) is 5.73 Å². The highest BCUT2D eigenvalue weighted by Gasteiger charge is 2.43. The van der Waals surface area contributed by atoms with E-state index >= 15 is 0 Å². The SMILES string of the molecule is CC1CCN(C(=O)C2(N)CCC2)CC1C.Cl. The highest BCUT2D eigenvalue weighted by atomic mass is 35.5. The number of likely N-dealkylation sites (tertiary alicyclic amines) is 1. The molecule has 2 N–H and O–H groups in total. The third kappa shape index (κ3) is 2.35. The van der Waals surface area contributed by atoms with Gasteiger partial charge in [-0.25, -0.2) is 0 Å². The monoisotopic (exact) mass is 246 g/mol. The molecule has 1 aliphatic carbocycles. The van der Waals surface area contributed by atoms with Gasteiger partial charge in [0.25, 0.3) is 0 Å². The molecule has 16 heavy (non-hydrogen) atoms. The van der Waals surface area contributed by atoms with Crippen LogP contribution in [0.25, 0.3) is 0 Å². The van der Waals surface area contributed by atoms with Gasteiger partial charge < -0.3 is 10.6 Å². The fourth-order valence-electron chi connectivity index (χ4n) is 2.53. The van der Waals surface area contributed by atoms with Crippen molar-refractivity contribution in [1.29, 1.82) is 0 Å². The van der Waals surface area contributed by atoms with Crippen LogP contribution in [-0.4, -0.2) is 29.4 Å². The van der Waals surface area contributed by atoms with E-state index in [2.05, 4.69) is 13.8 Å². The van der Waals surface area contributed by atoms with E-state index in [-0.39, 0.29) is 18.3 Å². The molecule has 0 spiro atoms. The first-order valence-electron chi connectivity index (χ1n) is 6.11. The molecule has 2 atom stereocenters. The molecule has 2 rings (SSSR count). The summed E-state index contributed by atoms with van der Waals surface area (Å²) in [6, 6.07) is 0. The first-order chi connectivity index (χ1) is 7.03. The first kappa shape index (κ1) is 13.8. The molecule has 1 saturated heterocycles. The lowest BCUT2D eigenvalue weighted by atomic mass is 9.76. The number of nitrogens with zero attached hydrogens (tertiary/aromatic N) is 1. The number of hydrogen-bond donors (Lipinski definition) is 1. The van der Waals surface area contributed by atoms with E-state index in [1.54, 1.807) is 0 Å². The van der Waals surface area contributed by atoms with Crippen molar-refractivity contribution in [3.63, 3.8) is 0 Å². The van der Waals surface area contributed by atoms with Gasteiger partial charge >= 0.3 is 0 Å². The van der Waals surface area contributed by atoms with Crippen molar-refractivity contribution < 1.29 is 4.79 Å². The number of rotatable bonds is 1. The molecular weight excluding hydrogens is 224 g/mol. The zero-order chi connectivity index (χ0) is 11.1. The van der Waals surface area contributed by atoms with Crippen LogP contribution in [-0.2, 0) is 4.79 Å². The van der Waals surface area contributed by atoms with Crippen LogP contribution >= 0.6 is 12.4 Å². The van der Waals surface area contributed by atoms with Gasteiger partial charge in [-0.1, -0.05) is 13.8 Å². The quantitative estimate of drug-likeness (QED) is 0.767. The number of amides is 1. The number of nitrogens with two attached hydrogens (primary N) is 1. The maximum Gasteiger partial charge on any atom is 0.242 e. The van der Waals surface area contributed by atoms with Crippen molar-refractivity contribution in [2.75, 3.05) is 13.1 Å². The smallest absolute Gasteiger partial charge is 0.242 e. The molecule has 2 unspecified atom stereocenters. The maximum atomic E-state index is 12.2. The lowest BCUT2D eigenvalue weighted by Crippen LogP contribution is -2.61. The van der Waals surface area contributed by atoms with Crippen LogP contribution in [0.15, 0.2) is 0 Å². The topological polar surface area (TPSA) is 46.3 Å². The highest BCUT2D eigenvalue weighted by molar-refractivity contribution is 5.87. The number of hydrogen-bond acceptors (Lipinski definition) is 2. The van der Waals surface area contributed by atoms with Crippen molar-refractivity contribution in [3.05, 3.63) is 0 Å². The largest absolute Gasteiger partial charge is 0.341 e. The summed E-state index contributed by atoms with van der Waals surface area (Å²) < 4.78 is 0. The normalized spacial score (nSPS) is 32.6. The van der Waals surface area contributed by atoms with Gasteiger partial charge in [-0.2, -0.15) is 0 Å². The Kier molecular flexibility index (Phi) is 4.24. The van der Waals surface area contributed by atoms with Gasteiger partial charge in [0.2, 0.25) is 5.91 Å². The van der Waals surface area contributed by atoms with Crippen molar-refractivity contribution in [1.82, 2.24) is 4.90 Å². The van der Waals surface area contributed by atoms with E-state index < -0.39 is 5.54 Å². The van der Waals surface area contributed by atoms with Crippen LogP contribution in [0.4, 0.5) is 0 Å². The number of piperidine rings is 1. The highest BCUT2D eigenvalue weighted by Crippen LogP contribution is 2.33. The van der Waals surface area contributed by atoms with Crippen LogP contribution in [0.1, 0.15) is 39.5 Å². The van der Waals surface area contributed by atoms with Gasteiger partial charge in [0.05, 0.1) is 5.54 Å². The molecule has 1 amide bonds. The van der Waals surface area contributed by atoms with E-state index in [1.165, 1.54) is 0 Å². The second-order valence-corrected chi connectivity index (χ2v) is 5.50. The second-order valence-electron chi connectivity index (χ2n) is 5.50. The predicted molar refractivity (Wildman–Crippen MR) is 67.5 cm³/mol. The lowest BCUT2D eigenvalue weighted by Gasteiger charge is -2.44. The van der Waals surface area contributed by atoms with Gasteiger partial charge in [0, 0.05) is 13.1 Å². The third-order valence-electron chi connectivity index (χ3n) is 4.29. The van der Waals surface area contributed by atoms with Crippen molar-refractivity contribution in [2.24, 2.45) is 17.6 Å². The van der Waals surface area contributed by atoms with Gasteiger partial charge in [0.1, 0.15) is 0 Å². The number of halogens is 1. The molecule has 4 heteroatoms. The van der Waals surface area contributed by atoms with Gasteiger partial charge in [-0.15, -0.1) is 12.4 Å². The predicted octanol–water partition coefficient (Wildman–Crippen LogP) is 1.79. The van der Waals surface area contributed by atoms with Crippen molar-refractivity contribution in [3.8, 4) is 0 Å². The molecule has 94 valence electrons. The zero-order valence-electron chi connectivity index (χ0n) is 10.2. The minimum Gasteiger partial charge on any atom is -0.341 e. The summed E-state index contributed by atoms with van der Waals surface area (Å²) in [5.74, 6) is 1.56. The Morgan fingerprint density at radius 1 is 1.31 bits per heavy atom. The molecule has 0 radical (unpaired) electrons. The fourth-order valence-corrected chi connectivity index (χ4v) is 2.53. The summed E-state index contributed by atoms with van der Waals surface area (Å²) in [6.45, 7) is 6.31. The second kappa shape index (κ2) is 4.92. The number of carbonyl (C=O) groups excluding carboxylic acids is 1. The van der Waals surface area contributed by atoms with Crippen LogP contribution in [0.2, 0.25) is 0 Å². The Labute approximate surface area is 104 Å². The van der Waals surface area contributed by atoms with Crippen LogP contribution in [0, 0.1) is 11.8 Å². The summed E-state index contributed by atoms with van der Waals surface area (Å²) in [7, 11) is 0. The summed E-state index contributed by atoms with van der Waals surface area (Å²) in [5, 5.41) is 0. The van der Waals surface area contributed by atoms with Gasteiger partial charge in [-0.05, 0) is 37.5 Å². The van der Waals surface area contributed by atoms with E-state index in [0.29, 0.717) is 5.92 Å². The number of carbonyl (C=O) groups is 1. The first-order valence-corrected chi connectivity index (χ1v) is 6.11. The lowest BCUT2D eigenvalue weighted by molar-refractivity contribution is -0.142. The minimum absolute atomic E-state index is 0. The molecule has 2 fully saturated rings.